The van der Waals surface area contributed by atoms with Crippen molar-refractivity contribution in [2.75, 3.05) is 13.2 Å². The van der Waals surface area contributed by atoms with Gasteiger partial charge in [0.15, 0.2) is 6.29 Å². The molecular formula is C21H18ClNO2. The van der Waals surface area contributed by atoms with Crippen LogP contribution in [-0.4, -0.2) is 18.2 Å². The van der Waals surface area contributed by atoms with Gasteiger partial charge in [0.1, 0.15) is 0 Å². The fraction of sp³-hybridized carbons (Fsp3) is 0.286. The van der Waals surface area contributed by atoms with Gasteiger partial charge in [0.2, 0.25) is 0 Å². The molecule has 2 aromatic carbocycles. The fourth-order valence-electron chi connectivity index (χ4n) is 3.69. The molecule has 4 heteroatoms. The Hall–Kier alpha value is -1.94. The highest BCUT2D eigenvalue weighted by Crippen LogP contribution is 2.54. The number of hydrogen-bond acceptors (Lipinski definition) is 3. The second kappa shape index (κ2) is 6.10. The highest BCUT2D eigenvalue weighted by Gasteiger charge is 2.40. The predicted molar refractivity (Wildman–Crippen MR) is 97.9 cm³/mol. The summed E-state index contributed by atoms with van der Waals surface area (Å²) < 4.78 is 11.2. The Labute approximate surface area is 151 Å². The summed E-state index contributed by atoms with van der Waals surface area (Å²) in [6.45, 7) is 1.34. The fourth-order valence-corrected chi connectivity index (χ4v) is 3.86. The third-order valence-electron chi connectivity index (χ3n) is 5.08. The van der Waals surface area contributed by atoms with E-state index in [9.17, 15) is 0 Å². The molecule has 1 aromatic heterocycles. The Morgan fingerprint density at radius 3 is 2.56 bits per heavy atom. The Morgan fingerprint density at radius 2 is 1.68 bits per heavy atom. The van der Waals surface area contributed by atoms with Crippen molar-refractivity contribution >= 4 is 22.5 Å². The summed E-state index contributed by atoms with van der Waals surface area (Å²) in [5, 5.41) is 1.86. The minimum Gasteiger partial charge on any atom is -0.346 e. The molecule has 1 aliphatic carbocycles. The molecule has 1 saturated heterocycles. The lowest BCUT2D eigenvalue weighted by Crippen LogP contribution is -1.98. The summed E-state index contributed by atoms with van der Waals surface area (Å²) in [5.74, 6) is 0.995. The van der Waals surface area contributed by atoms with Gasteiger partial charge in [-0.1, -0.05) is 48.0 Å². The lowest BCUT2D eigenvalue weighted by Gasteiger charge is -2.11. The van der Waals surface area contributed by atoms with Crippen LogP contribution in [0.25, 0.3) is 10.9 Å². The van der Waals surface area contributed by atoms with Gasteiger partial charge in [-0.05, 0) is 36.1 Å². The maximum Gasteiger partial charge on any atom is 0.184 e. The van der Waals surface area contributed by atoms with E-state index in [4.69, 9.17) is 26.1 Å². The minimum absolute atomic E-state index is 0.210. The van der Waals surface area contributed by atoms with E-state index >= 15 is 0 Å². The second-order valence-electron chi connectivity index (χ2n) is 6.77. The maximum atomic E-state index is 6.11. The monoisotopic (exact) mass is 351 g/mol. The largest absolute Gasteiger partial charge is 0.346 e. The van der Waals surface area contributed by atoms with Gasteiger partial charge in [0.25, 0.3) is 0 Å². The zero-order valence-corrected chi connectivity index (χ0v) is 14.4. The molecular weight excluding hydrogens is 334 g/mol. The van der Waals surface area contributed by atoms with Crippen molar-refractivity contribution in [3.8, 4) is 0 Å². The molecule has 1 aliphatic heterocycles. The highest BCUT2D eigenvalue weighted by atomic mass is 35.5. The molecule has 3 nitrogen and oxygen atoms in total. The Morgan fingerprint density at radius 1 is 0.880 bits per heavy atom. The van der Waals surface area contributed by atoms with Crippen LogP contribution in [0.15, 0.2) is 54.6 Å². The van der Waals surface area contributed by atoms with Crippen LogP contribution in [0.2, 0.25) is 5.02 Å². The van der Waals surface area contributed by atoms with Gasteiger partial charge in [0, 0.05) is 27.6 Å². The number of hydrogen-bond donors (Lipinski definition) is 0. The number of fused-ring (bicyclic) bond motifs is 1. The minimum atomic E-state index is -0.210. The van der Waals surface area contributed by atoms with Crippen LogP contribution in [0.3, 0.4) is 0 Å². The molecule has 2 atom stereocenters. The van der Waals surface area contributed by atoms with Gasteiger partial charge >= 0.3 is 0 Å². The van der Waals surface area contributed by atoms with Gasteiger partial charge in [0.05, 0.1) is 18.7 Å². The summed E-state index contributed by atoms with van der Waals surface area (Å²) in [6.07, 6.45) is 0.924. The summed E-state index contributed by atoms with van der Waals surface area (Å²) in [5.41, 5.74) is 4.57. The molecule has 1 saturated carbocycles. The molecule has 2 heterocycles. The molecule has 2 unspecified atom stereocenters. The van der Waals surface area contributed by atoms with Crippen LogP contribution in [0.4, 0.5) is 0 Å². The zero-order valence-electron chi connectivity index (χ0n) is 13.7. The van der Waals surface area contributed by atoms with Crippen molar-refractivity contribution in [3.05, 3.63) is 76.4 Å². The van der Waals surface area contributed by atoms with Crippen LogP contribution in [0.5, 0.6) is 0 Å². The topological polar surface area (TPSA) is 31.4 Å². The number of aromatic nitrogens is 1. The van der Waals surface area contributed by atoms with Gasteiger partial charge in [-0.3, -0.25) is 4.98 Å². The molecule has 0 spiro atoms. The van der Waals surface area contributed by atoms with E-state index in [-0.39, 0.29) is 6.29 Å². The number of ether oxygens (including phenoxy) is 2. The standard InChI is InChI=1S/C21H18ClNO2/c22-16-6-4-13-5-7-19(23-20(13)11-16)18-12-17(18)14-2-1-3-15(10-14)21-24-8-9-25-21/h1-7,10-11,17-18,21H,8-9,12H2. The van der Waals surface area contributed by atoms with Gasteiger partial charge in [-0.2, -0.15) is 0 Å². The lowest BCUT2D eigenvalue weighted by atomic mass is 10.0. The molecule has 3 aromatic rings. The van der Waals surface area contributed by atoms with Crippen molar-refractivity contribution in [1.82, 2.24) is 4.98 Å². The van der Waals surface area contributed by atoms with E-state index in [1.165, 1.54) is 5.56 Å². The van der Waals surface area contributed by atoms with Crippen LogP contribution in [0.1, 0.15) is 41.4 Å². The Kier molecular flexibility index (Phi) is 3.74. The highest BCUT2D eigenvalue weighted by molar-refractivity contribution is 6.31. The van der Waals surface area contributed by atoms with E-state index in [0.29, 0.717) is 25.0 Å². The molecule has 5 rings (SSSR count). The predicted octanol–water partition coefficient (Wildman–Crippen LogP) is 5.20. The second-order valence-corrected chi connectivity index (χ2v) is 7.20. The summed E-state index contributed by atoms with van der Waals surface area (Å²) in [7, 11) is 0. The molecule has 0 radical (unpaired) electrons. The van der Waals surface area contributed by atoms with E-state index in [1.807, 2.05) is 18.2 Å². The van der Waals surface area contributed by atoms with E-state index in [0.717, 1.165) is 33.6 Å². The van der Waals surface area contributed by atoms with Crippen LogP contribution in [-0.2, 0) is 9.47 Å². The van der Waals surface area contributed by atoms with E-state index in [2.05, 4.69) is 36.4 Å². The normalized spacial score (nSPS) is 23.2. The first kappa shape index (κ1) is 15.3. The van der Waals surface area contributed by atoms with Crippen molar-refractivity contribution in [3.63, 3.8) is 0 Å². The molecule has 0 bridgehead atoms. The Bertz CT molecular complexity index is 936. The van der Waals surface area contributed by atoms with Crippen LogP contribution in [0, 0.1) is 0 Å². The summed E-state index contributed by atoms with van der Waals surface area (Å²) >= 11 is 6.11. The maximum absolute atomic E-state index is 6.11. The summed E-state index contributed by atoms with van der Waals surface area (Å²) in [4.78, 5) is 4.84. The van der Waals surface area contributed by atoms with Gasteiger partial charge in [-0.15, -0.1) is 0 Å². The number of benzene rings is 2. The molecule has 0 amide bonds. The van der Waals surface area contributed by atoms with Crippen molar-refractivity contribution in [1.29, 1.82) is 0 Å². The third kappa shape index (κ3) is 2.93. The van der Waals surface area contributed by atoms with Crippen molar-refractivity contribution in [2.24, 2.45) is 0 Å². The third-order valence-corrected chi connectivity index (χ3v) is 5.31. The van der Waals surface area contributed by atoms with Crippen molar-refractivity contribution < 1.29 is 9.47 Å². The number of nitrogens with zero attached hydrogens (tertiary/aromatic N) is 1. The molecule has 2 aliphatic rings. The lowest BCUT2D eigenvalue weighted by molar-refractivity contribution is -0.0441. The molecule has 0 N–H and O–H groups in total. The Balaban J connectivity index is 1.40. The molecule has 126 valence electrons. The zero-order chi connectivity index (χ0) is 16.8. The SMILES string of the molecule is Clc1ccc2ccc(C3CC3c3cccc(C4OCCO4)c3)nc2c1. The van der Waals surface area contributed by atoms with Crippen LogP contribution >= 0.6 is 11.6 Å². The van der Waals surface area contributed by atoms with E-state index < -0.39 is 0 Å². The van der Waals surface area contributed by atoms with Crippen molar-refractivity contribution in [2.45, 2.75) is 24.5 Å². The molecule has 2 fully saturated rings. The smallest absolute Gasteiger partial charge is 0.184 e. The van der Waals surface area contributed by atoms with Gasteiger partial charge in [-0.25, -0.2) is 0 Å². The van der Waals surface area contributed by atoms with E-state index in [1.54, 1.807) is 0 Å². The number of rotatable bonds is 3. The average molecular weight is 352 g/mol. The first-order chi connectivity index (χ1) is 12.3. The average Bonchev–Trinajstić information content (AvgIpc) is 3.25. The first-order valence-electron chi connectivity index (χ1n) is 8.67. The van der Waals surface area contributed by atoms with Gasteiger partial charge < -0.3 is 9.47 Å². The molecule has 25 heavy (non-hydrogen) atoms. The quantitative estimate of drug-likeness (QED) is 0.649. The summed E-state index contributed by atoms with van der Waals surface area (Å²) in [6, 6.07) is 18.7. The first-order valence-corrected chi connectivity index (χ1v) is 9.05. The van der Waals surface area contributed by atoms with Crippen LogP contribution < -0.4 is 0 Å². The number of pyridine rings is 1. The number of halogens is 1.